The Bertz CT molecular complexity index is 738. The van der Waals surface area contributed by atoms with E-state index in [1.54, 1.807) is 18.2 Å². The summed E-state index contributed by atoms with van der Waals surface area (Å²) in [6.45, 7) is 0.508. The van der Waals surface area contributed by atoms with Crippen molar-refractivity contribution >= 4 is 0 Å². The van der Waals surface area contributed by atoms with Crippen LogP contribution in [0.25, 0.3) is 0 Å². The molecule has 0 aliphatic heterocycles. The van der Waals surface area contributed by atoms with Crippen molar-refractivity contribution in [1.29, 1.82) is 5.26 Å². The standard InChI is InChI=1S/C17H13FN2O/c18-16-8-7-13(10-15(16)11-20)12-21-17-6-2-1-4-14(17)5-3-9-19/h1-2,4,6-8,10H,9,12,19H2. The summed E-state index contributed by atoms with van der Waals surface area (Å²) in [7, 11) is 0. The maximum Gasteiger partial charge on any atom is 0.140 e. The number of nitrogens with zero attached hydrogens (tertiary/aromatic N) is 1. The Morgan fingerprint density at radius 1 is 1.14 bits per heavy atom. The van der Waals surface area contributed by atoms with Gasteiger partial charge in [-0.25, -0.2) is 4.39 Å². The molecule has 0 unspecified atom stereocenters. The first-order chi connectivity index (χ1) is 10.2. The summed E-state index contributed by atoms with van der Waals surface area (Å²) < 4.78 is 18.9. The van der Waals surface area contributed by atoms with Crippen molar-refractivity contribution in [3.63, 3.8) is 0 Å². The second kappa shape index (κ2) is 7.09. The van der Waals surface area contributed by atoms with Crippen LogP contribution in [-0.4, -0.2) is 6.54 Å². The lowest BCUT2D eigenvalue weighted by Crippen LogP contribution is -1.99. The van der Waals surface area contributed by atoms with E-state index in [2.05, 4.69) is 11.8 Å². The molecule has 0 spiro atoms. The van der Waals surface area contributed by atoms with Gasteiger partial charge in [0, 0.05) is 0 Å². The number of rotatable bonds is 3. The molecule has 0 aliphatic carbocycles. The predicted octanol–water partition coefficient (Wildman–Crippen LogP) is 2.59. The molecule has 0 aliphatic rings. The molecule has 0 saturated heterocycles. The van der Waals surface area contributed by atoms with Crippen molar-refractivity contribution in [2.24, 2.45) is 5.73 Å². The Kier molecular flexibility index (Phi) is 4.93. The lowest BCUT2D eigenvalue weighted by atomic mass is 10.1. The highest BCUT2D eigenvalue weighted by molar-refractivity contribution is 5.46. The van der Waals surface area contributed by atoms with E-state index in [9.17, 15) is 4.39 Å². The van der Waals surface area contributed by atoms with Gasteiger partial charge in [-0.15, -0.1) is 0 Å². The van der Waals surface area contributed by atoms with Crippen LogP contribution in [0.4, 0.5) is 4.39 Å². The topological polar surface area (TPSA) is 59.0 Å². The molecule has 0 fully saturated rings. The zero-order chi connectivity index (χ0) is 15.1. The molecule has 0 saturated carbocycles. The number of hydrogen-bond donors (Lipinski definition) is 1. The molecule has 2 aromatic rings. The quantitative estimate of drug-likeness (QED) is 0.879. The van der Waals surface area contributed by atoms with Crippen LogP contribution < -0.4 is 10.5 Å². The van der Waals surface area contributed by atoms with E-state index in [1.165, 1.54) is 12.1 Å². The molecule has 0 bridgehead atoms. The minimum atomic E-state index is -0.532. The van der Waals surface area contributed by atoms with E-state index in [0.29, 0.717) is 5.75 Å². The molecule has 0 amide bonds. The van der Waals surface area contributed by atoms with Gasteiger partial charge < -0.3 is 10.5 Å². The number of ether oxygens (including phenoxy) is 1. The third-order valence-electron chi connectivity index (χ3n) is 2.76. The van der Waals surface area contributed by atoms with Crippen LogP contribution in [0.5, 0.6) is 5.75 Å². The van der Waals surface area contributed by atoms with E-state index >= 15 is 0 Å². The summed E-state index contributed by atoms with van der Waals surface area (Å²) in [5, 5.41) is 8.81. The molecule has 2 rings (SSSR count). The predicted molar refractivity (Wildman–Crippen MR) is 77.8 cm³/mol. The van der Waals surface area contributed by atoms with Crippen molar-refractivity contribution in [2.75, 3.05) is 6.54 Å². The van der Waals surface area contributed by atoms with E-state index in [0.717, 1.165) is 11.1 Å². The summed E-state index contributed by atoms with van der Waals surface area (Å²) in [4.78, 5) is 0. The molecule has 3 nitrogen and oxygen atoms in total. The Morgan fingerprint density at radius 2 is 1.95 bits per heavy atom. The second-order valence-corrected chi connectivity index (χ2v) is 4.22. The third kappa shape index (κ3) is 3.82. The van der Waals surface area contributed by atoms with Crippen LogP contribution >= 0.6 is 0 Å². The maximum absolute atomic E-state index is 13.2. The Balaban J connectivity index is 2.15. The van der Waals surface area contributed by atoms with Crippen LogP contribution in [0.1, 0.15) is 16.7 Å². The number of benzene rings is 2. The van der Waals surface area contributed by atoms with Gasteiger partial charge in [0.15, 0.2) is 0 Å². The molecule has 0 aromatic heterocycles. The third-order valence-corrected chi connectivity index (χ3v) is 2.76. The van der Waals surface area contributed by atoms with Gasteiger partial charge in [0.2, 0.25) is 0 Å². The van der Waals surface area contributed by atoms with Gasteiger partial charge in [-0.2, -0.15) is 5.26 Å². The summed E-state index contributed by atoms with van der Waals surface area (Å²) in [5.74, 6) is 5.80. The molecule has 21 heavy (non-hydrogen) atoms. The lowest BCUT2D eigenvalue weighted by Gasteiger charge is -2.08. The van der Waals surface area contributed by atoms with Crippen LogP contribution in [0.2, 0.25) is 0 Å². The van der Waals surface area contributed by atoms with Crippen LogP contribution in [0.3, 0.4) is 0 Å². The van der Waals surface area contributed by atoms with E-state index in [1.807, 2.05) is 18.2 Å². The van der Waals surface area contributed by atoms with Crippen molar-refractivity contribution in [2.45, 2.75) is 6.61 Å². The smallest absolute Gasteiger partial charge is 0.140 e. The summed E-state index contributed by atoms with van der Waals surface area (Å²) in [6.07, 6.45) is 0. The Hall–Kier alpha value is -2.82. The van der Waals surface area contributed by atoms with Crippen molar-refractivity contribution in [3.8, 4) is 23.7 Å². The zero-order valence-corrected chi connectivity index (χ0v) is 11.3. The molecular weight excluding hydrogens is 267 g/mol. The van der Waals surface area contributed by atoms with Crippen molar-refractivity contribution < 1.29 is 9.13 Å². The number of nitriles is 1. The first-order valence-corrected chi connectivity index (χ1v) is 6.34. The minimum absolute atomic E-state index is 0.00677. The average Bonchev–Trinajstić information content (AvgIpc) is 2.53. The zero-order valence-electron chi connectivity index (χ0n) is 11.3. The van der Waals surface area contributed by atoms with Crippen molar-refractivity contribution in [3.05, 3.63) is 65.0 Å². The molecule has 0 radical (unpaired) electrons. The van der Waals surface area contributed by atoms with Crippen LogP contribution in [0, 0.1) is 29.0 Å². The van der Waals surface area contributed by atoms with Crippen LogP contribution in [0.15, 0.2) is 42.5 Å². The second-order valence-electron chi connectivity index (χ2n) is 4.22. The van der Waals surface area contributed by atoms with Gasteiger partial charge in [0.05, 0.1) is 17.7 Å². The molecule has 2 N–H and O–H groups in total. The van der Waals surface area contributed by atoms with Gasteiger partial charge in [-0.1, -0.05) is 30.0 Å². The average molecular weight is 280 g/mol. The Labute approximate surface area is 122 Å². The largest absolute Gasteiger partial charge is 0.488 e. The normalized spacial score (nSPS) is 9.38. The molecular formula is C17H13FN2O. The number of hydrogen-bond acceptors (Lipinski definition) is 3. The summed E-state index contributed by atoms with van der Waals surface area (Å²) in [6, 6.07) is 13.5. The van der Waals surface area contributed by atoms with E-state index in [4.69, 9.17) is 15.7 Å². The molecule has 4 heteroatoms. The first kappa shape index (κ1) is 14.6. The maximum atomic E-state index is 13.2. The molecule has 104 valence electrons. The summed E-state index contributed by atoms with van der Waals surface area (Å²) >= 11 is 0. The van der Waals surface area contributed by atoms with Gasteiger partial charge in [0.25, 0.3) is 0 Å². The number of para-hydroxylation sites is 1. The highest BCUT2D eigenvalue weighted by Gasteiger charge is 2.05. The van der Waals surface area contributed by atoms with E-state index in [-0.39, 0.29) is 18.7 Å². The SMILES string of the molecule is N#Cc1cc(COc2ccccc2C#CCN)ccc1F. The fourth-order valence-corrected chi connectivity index (χ4v) is 1.75. The molecule has 2 aromatic carbocycles. The van der Waals surface area contributed by atoms with Gasteiger partial charge in [-0.05, 0) is 29.8 Å². The molecule has 0 atom stereocenters. The number of nitrogens with two attached hydrogens (primary N) is 1. The van der Waals surface area contributed by atoms with Crippen molar-refractivity contribution in [1.82, 2.24) is 0 Å². The van der Waals surface area contributed by atoms with Gasteiger partial charge in [-0.3, -0.25) is 0 Å². The monoisotopic (exact) mass is 280 g/mol. The first-order valence-electron chi connectivity index (χ1n) is 6.34. The minimum Gasteiger partial charge on any atom is -0.488 e. The highest BCUT2D eigenvalue weighted by Crippen LogP contribution is 2.19. The molecule has 0 heterocycles. The van der Waals surface area contributed by atoms with E-state index < -0.39 is 5.82 Å². The summed E-state index contributed by atoms with van der Waals surface area (Å²) in [5.41, 5.74) is 6.82. The fraction of sp³-hybridized carbons (Fsp3) is 0.118. The Morgan fingerprint density at radius 3 is 2.71 bits per heavy atom. The van der Waals surface area contributed by atoms with Gasteiger partial charge >= 0.3 is 0 Å². The highest BCUT2D eigenvalue weighted by atomic mass is 19.1. The number of halogens is 1. The lowest BCUT2D eigenvalue weighted by molar-refractivity contribution is 0.305. The van der Waals surface area contributed by atoms with Gasteiger partial charge in [0.1, 0.15) is 24.2 Å². The van der Waals surface area contributed by atoms with Crippen LogP contribution in [-0.2, 0) is 6.61 Å². The fourth-order valence-electron chi connectivity index (χ4n) is 1.75.